The van der Waals surface area contributed by atoms with Crippen molar-refractivity contribution in [3.05, 3.63) is 50.1 Å². The molecule has 98 valence electrons. The molecule has 0 spiro atoms. The van der Waals surface area contributed by atoms with Crippen molar-refractivity contribution in [2.75, 3.05) is 7.05 Å². The summed E-state index contributed by atoms with van der Waals surface area (Å²) in [5, 5.41) is 3.26. The van der Waals surface area contributed by atoms with Gasteiger partial charge in [-0.25, -0.2) is 9.37 Å². The van der Waals surface area contributed by atoms with Crippen LogP contribution < -0.4 is 5.32 Å². The summed E-state index contributed by atoms with van der Waals surface area (Å²) in [7, 11) is 1.58. The van der Waals surface area contributed by atoms with Gasteiger partial charge in [0.25, 0.3) is 5.91 Å². The van der Waals surface area contributed by atoms with Gasteiger partial charge in [-0.3, -0.25) is 4.79 Å². The van der Waals surface area contributed by atoms with Crippen molar-refractivity contribution in [2.45, 2.75) is 0 Å². The number of carbonyl (C=O) groups is 1. The standard InChI is InChI=1S/C13H10BrFN2OS/c1-16-13(18)11-7-17-12(19-11)5-3-8-2-4-10(15)9(14)6-8/h2-7H,1H3,(H,16,18)/b5-3+. The van der Waals surface area contributed by atoms with Gasteiger partial charge < -0.3 is 5.32 Å². The van der Waals surface area contributed by atoms with Gasteiger partial charge in [0.1, 0.15) is 15.7 Å². The minimum atomic E-state index is -0.298. The molecule has 1 amide bonds. The zero-order chi connectivity index (χ0) is 13.8. The molecule has 0 atom stereocenters. The van der Waals surface area contributed by atoms with Gasteiger partial charge in [0, 0.05) is 7.05 Å². The lowest BCUT2D eigenvalue weighted by Crippen LogP contribution is -2.16. The molecular formula is C13H10BrFN2OS. The third kappa shape index (κ3) is 3.48. The summed E-state index contributed by atoms with van der Waals surface area (Å²) in [4.78, 5) is 16.1. The maximum absolute atomic E-state index is 13.1. The second-order valence-electron chi connectivity index (χ2n) is 3.65. The fourth-order valence-corrected chi connectivity index (χ4v) is 2.54. The Bertz CT molecular complexity index is 639. The number of carbonyl (C=O) groups excluding carboxylic acids is 1. The Morgan fingerprint density at radius 3 is 2.95 bits per heavy atom. The number of rotatable bonds is 3. The molecule has 0 saturated carbocycles. The topological polar surface area (TPSA) is 42.0 Å². The largest absolute Gasteiger partial charge is 0.354 e. The first kappa shape index (κ1) is 13.9. The number of hydrogen-bond donors (Lipinski definition) is 1. The van der Waals surface area contributed by atoms with E-state index in [1.165, 1.54) is 23.6 Å². The average molecular weight is 341 g/mol. The van der Waals surface area contributed by atoms with Crippen LogP contribution in [0.1, 0.15) is 20.2 Å². The highest BCUT2D eigenvalue weighted by Crippen LogP contribution is 2.20. The number of aromatic nitrogens is 1. The molecule has 0 aliphatic carbocycles. The quantitative estimate of drug-likeness (QED) is 0.927. The van der Waals surface area contributed by atoms with Crippen molar-refractivity contribution < 1.29 is 9.18 Å². The van der Waals surface area contributed by atoms with Crippen LogP contribution in [0.3, 0.4) is 0 Å². The summed E-state index contributed by atoms with van der Waals surface area (Å²) in [6.45, 7) is 0. The molecule has 0 aliphatic rings. The van der Waals surface area contributed by atoms with E-state index in [2.05, 4.69) is 26.2 Å². The molecule has 6 heteroatoms. The Labute approximate surface area is 122 Å². The minimum absolute atomic E-state index is 0.151. The minimum Gasteiger partial charge on any atom is -0.354 e. The third-order valence-electron chi connectivity index (χ3n) is 2.34. The maximum Gasteiger partial charge on any atom is 0.262 e. The van der Waals surface area contributed by atoms with E-state index in [0.717, 1.165) is 10.6 Å². The van der Waals surface area contributed by atoms with Crippen LogP contribution in [-0.4, -0.2) is 17.9 Å². The first-order chi connectivity index (χ1) is 9.10. The Hall–Kier alpha value is -1.53. The van der Waals surface area contributed by atoms with Gasteiger partial charge in [-0.1, -0.05) is 12.1 Å². The van der Waals surface area contributed by atoms with Gasteiger partial charge in [-0.05, 0) is 39.7 Å². The molecule has 1 aromatic heterocycles. The highest BCUT2D eigenvalue weighted by Gasteiger charge is 2.06. The molecular weight excluding hydrogens is 331 g/mol. The summed E-state index contributed by atoms with van der Waals surface area (Å²) < 4.78 is 13.5. The van der Waals surface area contributed by atoms with Crippen LogP contribution in [0.2, 0.25) is 0 Å². The van der Waals surface area contributed by atoms with Crippen LogP contribution >= 0.6 is 27.3 Å². The van der Waals surface area contributed by atoms with E-state index in [4.69, 9.17) is 0 Å². The summed E-state index contributed by atoms with van der Waals surface area (Å²) in [6.07, 6.45) is 5.14. The molecule has 0 fully saturated rings. The van der Waals surface area contributed by atoms with Crippen LogP contribution in [0.15, 0.2) is 28.9 Å². The van der Waals surface area contributed by atoms with Crippen molar-refractivity contribution in [1.82, 2.24) is 10.3 Å². The van der Waals surface area contributed by atoms with Crippen molar-refractivity contribution in [3.8, 4) is 0 Å². The zero-order valence-corrected chi connectivity index (χ0v) is 12.4. The number of hydrogen-bond acceptors (Lipinski definition) is 3. The molecule has 19 heavy (non-hydrogen) atoms. The number of halogens is 2. The fraction of sp³-hybridized carbons (Fsp3) is 0.0769. The Balaban J connectivity index is 2.16. The van der Waals surface area contributed by atoms with Gasteiger partial charge in [0.05, 0.1) is 10.7 Å². The Morgan fingerprint density at radius 2 is 2.26 bits per heavy atom. The van der Waals surface area contributed by atoms with Crippen LogP contribution in [0.25, 0.3) is 12.2 Å². The smallest absolute Gasteiger partial charge is 0.262 e. The zero-order valence-electron chi connectivity index (χ0n) is 9.98. The van der Waals surface area contributed by atoms with Gasteiger partial charge >= 0.3 is 0 Å². The molecule has 2 rings (SSSR count). The summed E-state index contributed by atoms with van der Waals surface area (Å²) in [5.74, 6) is -0.449. The Morgan fingerprint density at radius 1 is 1.47 bits per heavy atom. The average Bonchev–Trinajstić information content (AvgIpc) is 2.88. The molecule has 1 aromatic carbocycles. The van der Waals surface area contributed by atoms with Crippen LogP contribution in [0, 0.1) is 5.82 Å². The molecule has 0 aliphatic heterocycles. The maximum atomic E-state index is 13.1. The van der Waals surface area contributed by atoms with Crippen LogP contribution in [0.5, 0.6) is 0 Å². The van der Waals surface area contributed by atoms with E-state index in [1.807, 2.05) is 6.08 Å². The van der Waals surface area contributed by atoms with Gasteiger partial charge in [-0.15, -0.1) is 11.3 Å². The molecule has 0 unspecified atom stereocenters. The molecule has 1 heterocycles. The van der Waals surface area contributed by atoms with Gasteiger partial charge in [0.15, 0.2) is 0 Å². The molecule has 2 aromatic rings. The van der Waals surface area contributed by atoms with E-state index in [0.29, 0.717) is 9.35 Å². The highest BCUT2D eigenvalue weighted by molar-refractivity contribution is 9.10. The number of thiazole rings is 1. The van der Waals surface area contributed by atoms with E-state index >= 15 is 0 Å². The summed E-state index contributed by atoms with van der Waals surface area (Å²) in [5.41, 5.74) is 0.852. The van der Waals surface area contributed by atoms with Crippen molar-refractivity contribution in [1.29, 1.82) is 0 Å². The summed E-state index contributed by atoms with van der Waals surface area (Å²) >= 11 is 4.43. The van der Waals surface area contributed by atoms with E-state index in [-0.39, 0.29) is 11.7 Å². The number of benzene rings is 1. The van der Waals surface area contributed by atoms with E-state index in [9.17, 15) is 9.18 Å². The second kappa shape index (κ2) is 6.08. The Kier molecular flexibility index (Phi) is 4.44. The predicted octanol–water partition coefficient (Wildman–Crippen LogP) is 3.57. The fourth-order valence-electron chi connectivity index (χ4n) is 1.38. The van der Waals surface area contributed by atoms with Gasteiger partial charge in [0.2, 0.25) is 0 Å². The van der Waals surface area contributed by atoms with Crippen molar-refractivity contribution >= 4 is 45.3 Å². The third-order valence-corrected chi connectivity index (χ3v) is 3.91. The molecule has 0 radical (unpaired) electrons. The first-order valence-corrected chi connectivity index (χ1v) is 7.02. The second-order valence-corrected chi connectivity index (χ2v) is 5.57. The normalized spacial score (nSPS) is 10.9. The number of nitrogens with zero attached hydrogens (tertiary/aromatic N) is 1. The first-order valence-electron chi connectivity index (χ1n) is 5.41. The predicted molar refractivity (Wildman–Crippen MR) is 78.5 cm³/mol. The van der Waals surface area contributed by atoms with Gasteiger partial charge in [-0.2, -0.15) is 0 Å². The van der Waals surface area contributed by atoms with Crippen LogP contribution in [0.4, 0.5) is 4.39 Å². The monoisotopic (exact) mass is 340 g/mol. The van der Waals surface area contributed by atoms with E-state index in [1.54, 1.807) is 25.3 Å². The molecule has 1 N–H and O–H groups in total. The molecule has 3 nitrogen and oxygen atoms in total. The summed E-state index contributed by atoms with van der Waals surface area (Å²) in [6, 6.07) is 4.74. The highest BCUT2D eigenvalue weighted by atomic mass is 79.9. The number of amides is 1. The lowest BCUT2D eigenvalue weighted by atomic mass is 10.2. The molecule has 0 bridgehead atoms. The number of nitrogens with one attached hydrogen (secondary N) is 1. The molecule has 0 saturated heterocycles. The van der Waals surface area contributed by atoms with Crippen LogP contribution in [-0.2, 0) is 0 Å². The van der Waals surface area contributed by atoms with E-state index < -0.39 is 0 Å². The van der Waals surface area contributed by atoms with Crippen molar-refractivity contribution in [3.63, 3.8) is 0 Å². The lowest BCUT2D eigenvalue weighted by Gasteiger charge is -1.96. The SMILES string of the molecule is CNC(=O)c1cnc(/C=C/c2ccc(F)c(Br)c2)s1. The van der Waals surface area contributed by atoms with Crippen molar-refractivity contribution in [2.24, 2.45) is 0 Å². The lowest BCUT2D eigenvalue weighted by molar-refractivity contribution is 0.0967.